The smallest absolute Gasteiger partial charge is 0.123 e. The molecule has 1 aliphatic heterocycles. The van der Waals surface area contributed by atoms with Crippen LogP contribution in [0.3, 0.4) is 0 Å². The van der Waals surface area contributed by atoms with Crippen molar-refractivity contribution in [2.24, 2.45) is 0 Å². The van der Waals surface area contributed by atoms with Gasteiger partial charge in [0, 0.05) is 13.7 Å². The lowest BCUT2D eigenvalue weighted by Crippen LogP contribution is -2.16. The summed E-state index contributed by atoms with van der Waals surface area (Å²) in [5.41, 5.74) is 3.61. The molecule has 1 saturated heterocycles. The molecule has 0 aliphatic carbocycles. The largest absolute Gasteiger partial charge is 0.380 e. The molecule has 2 unspecified atom stereocenters. The highest BCUT2D eigenvalue weighted by molar-refractivity contribution is 5.58. The molecule has 1 aliphatic rings. The van der Waals surface area contributed by atoms with Crippen LogP contribution in [0.4, 0.5) is 0 Å². The van der Waals surface area contributed by atoms with Gasteiger partial charge in [0.25, 0.3) is 0 Å². The summed E-state index contributed by atoms with van der Waals surface area (Å²) in [6, 6.07) is 8.91. The van der Waals surface area contributed by atoms with Gasteiger partial charge in [-0.3, -0.25) is 0 Å². The second kappa shape index (κ2) is 5.77. The zero-order chi connectivity index (χ0) is 13.9. The number of aryl methyl sites for hydroxylation is 1. The molecule has 1 aromatic carbocycles. The lowest BCUT2D eigenvalue weighted by molar-refractivity contribution is 0.117. The van der Waals surface area contributed by atoms with Crippen molar-refractivity contribution in [3.05, 3.63) is 41.9 Å². The summed E-state index contributed by atoms with van der Waals surface area (Å²) < 4.78 is 5.38. The summed E-state index contributed by atoms with van der Waals surface area (Å²) in [7, 11) is 1.76. The van der Waals surface area contributed by atoms with E-state index in [0.29, 0.717) is 0 Å². The molecule has 3 rings (SSSR count). The van der Waals surface area contributed by atoms with E-state index >= 15 is 0 Å². The van der Waals surface area contributed by atoms with Gasteiger partial charge in [0.2, 0.25) is 0 Å². The fourth-order valence-corrected chi connectivity index (χ4v) is 2.67. The van der Waals surface area contributed by atoms with Gasteiger partial charge in [-0.2, -0.15) is 0 Å². The van der Waals surface area contributed by atoms with E-state index in [2.05, 4.69) is 46.5 Å². The normalized spacial score (nSPS) is 22.3. The van der Waals surface area contributed by atoms with Crippen LogP contribution in [-0.2, 0) is 11.2 Å². The van der Waals surface area contributed by atoms with E-state index in [-0.39, 0.29) is 12.1 Å². The number of imidazole rings is 1. The summed E-state index contributed by atoms with van der Waals surface area (Å²) in [4.78, 5) is 7.94. The van der Waals surface area contributed by atoms with Crippen LogP contribution < -0.4 is 5.32 Å². The lowest BCUT2D eigenvalue weighted by Gasteiger charge is -2.06. The van der Waals surface area contributed by atoms with Crippen LogP contribution in [0, 0.1) is 0 Å². The molecular weight excluding hydrogens is 250 g/mol. The van der Waals surface area contributed by atoms with Crippen LogP contribution in [0.5, 0.6) is 0 Å². The standard InChI is InChI=1S/C16H21N3O/c1-3-11-4-6-12(7-5-11)15-10-18-16(19-15)14-8-13(20-2)9-17-14/h4-7,10,13-14,17H,3,8-9H2,1-2H3,(H,18,19). The van der Waals surface area contributed by atoms with Gasteiger partial charge in [0.1, 0.15) is 5.82 Å². The first kappa shape index (κ1) is 13.3. The Labute approximate surface area is 119 Å². The average molecular weight is 271 g/mol. The summed E-state index contributed by atoms with van der Waals surface area (Å²) >= 11 is 0. The first-order chi connectivity index (χ1) is 9.80. The Morgan fingerprint density at radius 3 is 2.75 bits per heavy atom. The Hall–Kier alpha value is -1.65. The van der Waals surface area contributed by atoms with Crippen molar-refractivity contribution in [3.8, 4) is 11.3 Å². The van der Waals surface area contributed by atoms with Gasteiger partial charge in [0.15, 0.2) is 0 Å². The number of nitrogens with zero attached hydrogens (tertiary/aromatic N) is 1. The SMILES string of the molecule is CCc1ccc(-c2cnc(C3CC(OC)CN3)[nH]2)cc1. The Morgan fingerprint density at radius 2 is 2.10 bits per heavy atom. The molecule has 0 amide bonds. The quantitative estimate of drug-likeness (QED) is 0.899. The Morgan fingerprint density at radius 1 is 1.30 bits per heavy atom. The van der Waals surface area contributed by atoms with Crippen LogP contribution >= 0.6 is 0 Å². The minimum Gasteiger partial charge on any atom is -0.380 e. The maximum Gasteiger partial charge on any atom is 0.123 e. The van der Waals surface area contributed by atoms with Gasteiger partial charge < -0.3 is 15.0 Å². The molecule has 0 spiro atoms. The average Bonchev–Trinajstić information content (AvgIpc) is 3.16. The Bertz CT molecular complexity index is 561. The molecule has 4 nitrogen and oxygen atoms in total. The lowest BCUT2D eigenvalue weighted by atomic mass is 10.1. The third-order valence-electron chi connectivity index (χ3n) is 4.02. The van der Waals surface area contributed by atoms with Gasteiger partial charge >= 0.3 is 0 Å². The molecule has 4 heteroatoms. The molecule has 2 aromatic rings. The van der Waals surface area contributed by atoms with Crippen LogP contribution in [0.15, 0.2) is 30.5 Å². The first-order valence-corrected chi connectivity index (χ1v) is 7.20. The number of hydrogen-bond acceptors (Lipinski definition) is 3. The highest BCUT2D eigenvalue weighted by Crippen LogP contribution is 2.25. The molecule has 0 radical (unpaired) electrons. The Kier molecular flexibility index (Phi) is 3.85. The van der Waals surface area contributed by atoms with E-state index in [1.54, 1.807) is 7.11 Å². The first-order valence-electron chi connectivity index (χ1n) is 7.20. The van der Waals surface area contributed by atoms with Crippen molar-refractivity contribution >= 4 is 0 Å². The molecule has 20 heavy (non-hydrogen) atoms. The summed E-state index contributed by atoms with van der Waals surface area (Å²) in [6.45, 7) is 3.06. The van der Waals surface area contributed by atoms with Crippen molar-refractivity contribution in [3.63, 3.8) is 0 Å². The summed E-state index contributed by atoms with van der Waals surface area (Å²) in [6.07, 6.45) is 4.24. The van der Waals surface area contributed by atoms with E-state index in [1.165, 1.54) is 11.1 Å². The van der Waals surface area contributed by atoms with Crippen LogP contribution in [0.25, 0.3) is 11.3 Å². The van der Waals surface area contributed by atoms with Crippen molar-refractivity contribution in [1.29, 1.82) is 0 Å². The van der Waals surface area contributed by atoms with E-state index in [4.69, 9.17) is 4.74 Å². The van der Waals surface area contributed by atoms with Crippen molar-refractivity contribution in [2.75, 3.05) is 13.7 Å². The predicted molar refractivity (Wildman–Crippen MR) is 79.6 cm³/mol. The predicted octanol–water partition coefficient (Wildman–Crippen LogP) is 2.69. The highest BCUT2D eigenvalue weighted by atomic mass is 16.5. The van der Waals surface area contributed by atoms with E-state index in [0.717, 1.165) is 30.9 Å². The fourth-order valence-electron chi connectivity index (χ4n) is 2.67. The van der Waals surface area contributed by atoms with E-state index in [1.807, 2.05) is 6.20 Å². The molecule has 2 atom stereocenters. The molecule has 1 fully saturated rings. The number of hydrogen-bond donors (Lipinski definition) is 2. The van der Waals surface area contributed by atoms with Gasteiger partial charge in [-0.15, -0.1) is 0 Å². The van der Waals surface area contributed by atoms with Crippen molar-refractivity contribution in [2.45, 2.75) is 31.9 Å². The number of methoxy groups -OCH3 is 1. The molecular formula is C16H21N3O. The molecule has 0 saturated carbocycles. The molecule has 2 heterocycles. The molecule has 2 N–H and O–H groups in total. The zero-order valence-electron chi connectivity index (χ0n) is 12.0. The van der Waals surface area contributed by atoms with Gasteiger partial charge in [-0.25, -0.2) is 4.98 Å². The number of nitrogens with one attached hydrogen (secondary N) is 2. The topological polar surface area (TPSA) is 49.9 Å². The van der Waals surface area contributed by atoms with Crippen molar-refractivity contribution < 1.29 is 4.74 Å². The minimum atomic E-state index is 0.267. The van der Waals surface area contributed by atoms with Gasteiger partial charge in [-0.05, 0) is 24.0 Å². The third-order valence-corrected chi connectivity index (χ3v) is 4.02. The third kappa shape index (κ3) is 2.62. The van der Waals surface area contributed by atoms with Crippen molar-refractivity contribution in [1.82, 2.24) is 15.3 Å². The van der Waals surface area contributed by atoms with E-state index in [9.17, 15) is 0 Å². The fraction of sp³-hybridized carbons (Fsp3) is 0.438. The number of H-pyrrole nitrogens is 1. The minimum absolute atomic E-state index is 0.267. The zero-order valence-corrected chi connectivity index (χ0v) is 12.0. The number of benzene rings is 1. The molecule has 0 bridgehead atoms. The maximum atomic E-state index is 5.38. The summed E-state index contributed by atoms with van der Waals surface area (Å²) in [5, 5.41) is 3.44. The van der Waals surface area contributed by atoms with Crippen LogP contribution in [0.1, 0.15) is 30.8 Å². The monoisotopic (exact) mass is 271 g/mol. The van der Waals surface area contributed by atoms with E-state index < -0.39 is 0 Å². The molecule has 106 valence electrons. The maximum absolute atomic E-state index is 5.38. The summed E-state index contributed by atoms with van der Waals surface area (Å²) in [5.74, 6) is 0.999. The van der Waals surface area contributed by atoms with Gasteiger partial charge in [0.05, 0.1) is 24.0 Å². The second-order valence-corrected chi connectivity index (χ2v) is 5.29. The number of rotatable bonds is 4. The van der Waals surface area contributed by atoms with Crippen LogP contribution in [0.2, 0.25) is 0 Å². The number of aromatic amines is 1. The van der Waals surface area contributed by atoms with Gasteiger partial charge in [-0.1, -0.05) is 31.2 Å². The number of ether oxygens (including phenoxy) is 1. The van der Waals surface area contributed by atoms with Crippen LogP contribution in [-0.4, -0.2) is 29.7 Å². The second-order valence-electron chi connectivity index (χ2n) is 5.29. The molecule has 1 aromatic heterocycles. The Balaban J connectivity index is 1.76. The highest BCUT2D eigenvalue weighted by Gasteiger charge is 2.27. The number of aromatic nitrogens is 2.